The van der Waals surface area contributed by atoms with Gasteiger partial charge in [-0.25, -0.2) is 4.98 Å². The van der Waals surface area contributed by atoms with E-state index in [1.807, 2.05) is 0 Å². The Morgan fingerprint density at radius 3 is 2.50 bits per heavy atom. The molecule has 1 aromatic heterocycles. The van der Waals surface area contributed by atoms with Crippen molar-refractivity contribution in [2.45, 2.75) is 89.2 Å². The number of hydrogen-bond donors (Lipinski definition) is 3. The number of anilines is 2. The molecule has 1 aromatic carbocycles. The minimum absolute atomic E-state index is 0.0436. The predicted molar refractivity (Wildman–Crippen MR) is 145 cm³/mol. The van der Waals surface area contributed by atoms with Crippen LogP contribution < -0.4 is 20.7 Å². The number of nitrogens with zero attached hydrogens (tertiary/aromatic N) is 3. The maximum Gasteiger partial charge on any atom is 0.573 e. The van der Waals surface area contributed by atoms with E-state index in [1.54, 1.807) is 12.1 Å². The lowest BCUT2D eigenvalue weighted by atomic mass is 9.47. The second-order valence-corrected chi connectivity index (χ2v) is 12.4. The predicted octanol–water partition coefficient (Wildman–Crippen LogP) is 6.39. The van der Waals surface area contributed by atoms with Gasteiger partial charge in [0, 0.05) is 30.7 Å². The molecule has 2 unspecified atom stereocenters. The molecular weight excluding hydrogens is 517 g/mol. The molecule has 3 N–H and O–H groups in total. The quantitative estimate of drug-likeness (QED) is 0.331. The Balaban J connectivity index is 1.11. The molecule has 7 nitrogen and oxygen atoms in total. The lowest BCUT2D eigenvalue weighted by Crippen LogP contribution is -2.61. The third-order valence-electron chi connectivity index (χ3n) is 9.61. The van der Waals surface area contributed by atoms with Crippen LogP contribution in [0.1, 0.15) is 75.3 Å². The summed E-state index contributed by atoms with van der Waals surface area (Å²) in [5.41, 5.74) is 0.889. The molecular formula is C30H37F3N6O. The van der Waals surface area contributed by atoms with Crippen molar-refractivity contribution in [3.63, 3.8) is 0 Å². The summed E-state index contributed by atoms with van der Waals surface area (Å²) in [6, 6.07) is 9.46. The lowest BCUT2D eigenvalue weighted by Gasteiger charge is -2.61. The van der Waals surface area contributed by atoms with E-state index in [2.05, 4.69) is 36.7 Å². The van der Waals surface area contributed by atoms with Gasteiger partial charge in [-0.15, -0.1) is 13.2 Å². The van der Waals surface area contributed by atoms with Crippen LogP contribution in [0.5, 0.6) is 5.75 Å². The Labute approximate surface area is 233 Å². The number of hydrogen-bond acceptors (Lipinski definition) is 7. The summed E-state index contributed by atoms with van der Waals surface area (Å²) in [5, 5.41) is 20.3. The summed E-state index contributed by atoms with van der Waals surface area (Å²) < 4.78 is 42.5. The van der Waals surface area contributed by atoms with Crippen LogP contribution in [0.15, 0.2) is 30.5 Å². The van der Waals surface area contributed by atoms with Crippen molar-refractivity contribution in [3.8, 4) is 11.8 Å². The zero-order valence-electron chi connectivity index (χ0n) is 22.6. The zero-order chi connectivity index (χ0) is 27.7. The molecule has 10 heteroatoms. The van der Waals surface area contributed by atoms with Gasteiger partial charge in [-0.2, -0.15) is 10.2 Å². The number of aromatic nitrogens is 2. The van der Waals surface area contributed by atoms with Crippen molar-refractivity contribution in [3.05, 3.63) is 41.6 Å². The van der Waals surface area contributed by atoms with Crippen LogP contribution in [0, 0.1) is 34.5 Å². The molecule has 0 spiro atoms. The molecule has 0 amide bonds. The molecule has 0 saturated heterocycles. The average Bonchev–Trinajstić information content (AvgIpc) is 2.93. The number of halogens is 3. The van der Waals surface area contributed by atoms with Crippen LogP contribution in [0.2, 0.25) is 0 Å². The molecule has 5 aliphatic carbocycles. The molecule has 7 rings (SSSR count). The highest BCUT2D eigenvalue weighted by molar-refractivity contribution is 5.53. The van der Waals surface area contributed by atoms with Crippen LogP contribution in [0.25, 0.3) is 0 Å². The van der Waals surface area contributed by atoms with E-state index >= 15 is 0 Å². The summed E-state index contributed by atoms with van der Waals surface area (Å²) in [5.74, 6) is 2.64. The van der Waals surface area contributed by atoms with Gasteiger partial charge in [0.2, 0.25) is 5.95 Å². The number of benzene rings is 1. The largest absolute Gasteiger partial charge is 0.573 e. The number of alkyl halides is 3. The number of nitrogens with one attached hydrogen (secondary N) is 3. The van der Waals surface area contributed by atoms with E-state index in [0.717, 1.165) is 12.5 Å². The van der Waals surface area contributed by atoms with E-state index in [1.165, 1.54) is 82.5 Å². The molecule has 214 valence electrons. The van der Waals surface area contributed by atoms with Crippen molar-refractivity contribution in [2.24, 2.45) is 23.2 Å². The minimum Gasteiger partial charge on any atom is -0.405 e. The molecule has 5 saturated carbocycles. The standard InChI is InChI=1S/C30H37F3N6O/c31-30(32,33)40-25-9-5-4-6-20(25)16-35-28-36-17-23(15-34)27(39-28)37-18-29-12-19-10-21(13-29)26(22(11-19)14-29)38-24-7-2-1-3-8-24/h4-6,9,17,19,21-22,24,26,38H,1-3,7-8,10-14,16,18H2,(H2,35,36,37,39). The molecule has 4 bridgehead atoms. The van der Waals surface area contributed by atoms with Crippen molar-refractivity contribution >= 4 is 11.8 Å². The van der Waals surface area contributed by atoms with Crippen LogP contribution in [-0.2, 0) is 6.54 Å². The van der Waals surface area contributed by atoms with Crippen LogP contribution in [0.3, 0.4) is 0 Å². The van der Waals surface area contributed by atoms with Crippen molar-refractivity contribution in [1.29, 1.82) is 5.26 Å². The SMILES string of the molecule is N#Cc1cnc(NCc2ccccc2OC(F)(F)F)nc1NCC12CC3CC(C1)C(NC1CCCCC1)C(C3)C2. The third kappa shape index (κ3) is 5.99. The van der Waals surface area contributed by atoms with E-state index in [0.29, 0.717) is 40.9 Å². The molecule has 5 aliphatic rings. The lowest BCUT2D eigenvalue weighted by molar-refractivity contribution is -0.274. The van der Waals surface area contributed by atoms with Gasteiger partial charge in [-0.1, -0.05) is 37.5 Å². The van der Waals surface area contributed by atoms with E-state index in [4.69, 9.17) is 0 Å². The zero-order valence-corrected chi connectivity index (χ0v) is 22.6. The second-order valence-electron chi connectivity index (χ2n) is 12.4. The monoisotopic (exact) mass is 554 g/mol. The Morgan fingerprint density at radius 1 is 1.02 bits per heavy atom. The first-order valence-corrected chi connectivity index (χ1v) is 14.6. The van der Waals surface area contributed by atoms with Crippen molar-refractivity contribution in [1.82, 2.24) is 15.3 Å². The summed E-state index contributed by atoms with van der Waals surface area (Å²) in [7, 11) is 0. The van der Waals surface area contributed by atoms with Gasteiger partial charge in [0.15, 0.2) is 0 Å². The Bertz CT molecular complexity index is 1220. The van der Waals surface area contributed by atoms with Gasteiger partial charge in [-0.05, 0) is 74.2 Å². The van der Waals surface area contributed by atoms with Gasteiger partial charge in [0.1, 0.15) is 23.2 Å². The van der Waals surface area contributed by atoms with Gasteiger partial charge in [-0.3, -0.25) is 0 Å². The summed E-state index contributed by atoms with van der Waals surface area (Å²) >= 11 is 0. The van der Waals surface area contributed by atoms with E-state index in [-0.39, 0.29) is 23.7 Å². The molecule has 2 atom stereocenters. The molecule has 0 aliphatic heterocycles. The summed E-state index contributed by atoms with van der Waals surface area (Å²) in [4.78, 5) is 8.75. The molecule has 5 fully saturated rings. The van der Waals surface area contributed by atoms with Gasteiger partial charge >= 0.3 is 6.36 Å². The first-order chi connectivity index (χ1) is 19.3. The highest BCUT2D eigenvalue weighted by atomic mass is 19.4. The number of nitriles is 1. The summed E-state index contributed by atoms with van der Waals surface area (Å²) in [6.45, 7) is 0.808. The fourth-order valence-corrected chi connectivity index (χ4v) is 8.23. The Morgan fingerprint density at radius 2 is 1.77 bits per heavy atom. The topological polar surface area (TPSA) is 94.9 Å². The summed E-state index contributed by atoms with van der Waals surface area (Å²) in [6.07, 6.45) is 9.65. The van der Waals surface area contributed by atoms with E-state index in [9.17, 15) is 18.4 Å². The third-order valence-corrected chi connectivity index (χ3v) is 9.61. The first-order valence-electron chi connectivity index (χ1n) is 14.6. The Kier molecular flexibility index (Phi) is 7.51. The Hall–Kier alpha value is -3.06. The van der Waals surface area contributed by atoms with Gasteiger partial charge in [0.05, 0.1) is 6.20 Å². The van der Waals surface area contributed by atoms with Crippen LogP contribution >= 0.6 is 0 Å². The maximum absolute atomic E-state index is 12.8. The number of para-hydroxylation sites is 1. The van der Waals surface area contributed by atoms with Crippen LogP contribution in [0.4, 0.5) is 24.9 Å². The fraction of sp³-hybridized carbons (Fsp3) is 0.633. The first kappa shape index (κ1) is 27.1. The molecule has 2 aromatic rings. The fourth-order valence-electron chi connectivity index (χ4n) is 8.23. The highest BCUT2D eigenvalue weighted by Gasteiger charge is 2.55. The molecule has 1 heterocycles. The second kappa shape index (κ2) is 11.1. The maximum atomic E-state index is 12.8. The van der Waals surface area contributed by atoms with Gasteiger partial charge < -0.3 is 20.7 Å². The number of rotatable bonds is 9. The van der Waals surface area contributed by atoms with Crippen molar-refractivity contribution in [2.75, 3.05) is 17.2 Å². The normalized spacial score (nSPS) is 29.6. The number of ether oxygens (including phenoxy) is 1. The minimum atomic E-state index is -4.78. The molecule has 40 heavy (non-hydrogen) atoms. The highest BCUT2D eigenvalue weighted by Crippen LogP contribution is 2.60. The smallest absolute Gasteiger partial charge is 0.405 e. The van der Waals surface area contributed by atoms with Crippen LogP contribution in [-0.4, -0.2) is 35.0 Å². The van der Waals surface area contributed by atoms with E-state index < -0.39 is 6.36 Å². The van der Waals surface area contributed by atoms with Gasteiger partial charge in [0.25, 0.3) is 0 Å². The average molecular weight is 555 g/mol. The molecule has 0 radical (unpaired) electrons. The van der Waals surface area contributed by atoms with Crippen molar-refractivity contribution < 1.29 is 17.9 Å².